The first-order chi connectivity index (χ1) is 12.0. The lowest BCUT2D eigenvalue weighted by molar-refractivity contribution is -0.119. The summed E-state index contributed by atoms with van der Waals surface area (Å²) in [4.78, 5) is 25.4. The molecule has 2 aromatic rings. The Morgan fingerprint density at radius 2 is 1.96 bits per heavy atom. The average Bonchev–Trinajstić information content (AvgIpc) is 3.26. The van der Waals surface area contributed by atoms with E-state index in [0.29, 0.717) is 11.4 Å². The Kier molecular flexibility index (Phi) is 5.02. The van der Waals surface area contributed by atoms with Gasteiger partial charge in [-0.3, -0.25) is 9.59 Å². The number of para-hydroxylation sites is 1. The number of furan rings is 1. The number of benzene rings is 1. The number of carbonyl (C=O) groups excluding carboxylic acids is 2. The number of amides is 2. The lowest BCUT2D eigenvalue weighted by Gasteiger charge is -2.21. The summed E-state index contributed by atoms with van der Waals surface area (Å²) in [6.45, 7) is 3.28. The zero-order valence-electron chi connectivity index (χ0n) is 14.0. The smallest absolute Gasteiger partial charge is 0.291 e. The quantitative estimate of drug-likeness (QED) is 0.874. The highest BCUT2D eigenvalue weighted by molar-refractivity contribution is 6.04. The molecule has 0 aliphatic carbocycles. The van der Waals surface area contributed by atoms with Gasteiger partial charge < -0.3 is 20.0 Å². The van der Waals surface area contributed by atoms with E-state index < -0.39 is 11.7 Å². The number of hydrogen-bond donors (Lipinski definition) is 2. The molecule has 2 heterocycles. The molecule has 0 bridgehead atoms. The van der Waals surface area contributed by atoms with Crippen LogP contribution in [0.1, 0.15) is 36.1 Å². The summed E-state index contributed by atoms with van der Waals surface area (Å²) < 4.78 is 19.7. The van der Waals surface area contributed by atoms with Crippen molar-refractivity contribution in [1.29, 1.82) is 0 Å². The standard InChI is InChI=1S/C18H20FN3O3/c1-12(23)20-11-13-7-8-16(25-13)18(24)21-17-14(19)5-4-6-15(17)22-9-2-3-10-22/h4-8H,2-3,9-11H2,1H3,(H,20,23)(H,21,24). The van der Waals surface area contributed by atoms with Crippen LogP contribution in [0.2, 0.25) is 0 Å². The van der Waals surface area contributed by atoms with Gasteiger partial charge in [0.15, 0.2) is 5.76 Å². The molecule has 3 rings (SSSR count). The van der Waals surface area contributed by atoms with Gasteiger partial charge in [0, 0.05) is 20.0 Å². The van der Waals surface area contributed by atoms with E-state index in [4.69, 9.17) is 4.42 Å². The minimum Gasteiger partial charge on any atom is -0.454 e. The zero-order valence-corrected chi connectivity index (χ0v) is 14.0. The van der Waals surface area contributed by atoms with Gasteiger partial charge >= 0.3 is 0 Å². The van der Waals surface area contributed by atoms with Gasteiger partial charge in [0.25, 0.3) is 5.91 Å². The molecule has 0 unspecified atom stereocenters. The number of nitrogens with one attached hydrogen (secondary N) is 2. The molecule has 2 amide bonds. The highest BCUT2D eigenvalue weighted by atomic mass is 19.1. The van der Waals surface area contributed by atoms with Crippen molar-refractivity contribution < 1.29 is 18.4 Å². The predicted octanol–water partition coefficient (Wildman–Crippen LogP) is 2.91. The van der Waals surface area contributed by atoms with Gasteiger partial charge in [0.2, 0.25) is 5.91 Å². The molecular formula is C18H20FN3O3. The molecule has 1 aliphatic heterocycles. The first-order valence-electron chi connectivity index (χ1n) is 8.22. The van der Waals surface area contributed by atoms with Crippen LogP contribution < -0.4 is 15.5 Å². The second-order valence-corrected chi connectivity index (χ2v) is 5.96. The van der Waals surface area contributed by atoms with Gasteiger partial charge in [0.1, 0.15) is 17.3 Å². The third-order valence-corrected chi connectivity index (χ3v) is 4.07. The van der Waals surface area contributed by atoms with Crippen LogP contribution in [-0.2, 0) is 11.3 Å². The largest absolute Gasteiger partial charge is 0.454 e. The summed E-state index contributed by atoms with van der Waals surface area (Å²) in [6, 6.07) is 7.86. The first-order valence-corrected chi connectivity index (χ1v) is 8.22. The second kappa shape index (κ2) is 7.38. The summed E-state index contributed by atoms with van der Waals surface area (Å²) in [6.07, 6.45) is 2.10. The maximum atomic E-state index is 14.3. The SMILES string of the molecule is CC(=O)NCc1ccc(C(=O)Nc2c(F)cccc2N2CCCC2)o1. The molecule has 1 aliphatic rings. The lowest BCUT2D eigenvalue weighted by atomic mass is 10.2. The van der Waals surface area contributed by atoms with Crippen molar-refractivity contribution in [1.82, 2.24) is 5.32 Å². The fourth-order valence-corrected chi connectivity index (χ4v) is 2.84. The molecule has 1 aromatic heterocycles. The summed E-state index contributed by atoms with van der Waals surface area (Å²) in [5, 5.41) is 5.20. The maximum absolute atomic E-state index is 14.3. The van der Waals surface area contributed by atoms with Gasteiger partial charge in [-0.05, 0) is 37.1 Å². The molecule has 132 valence electrons. The maximum Gasteiger partial charge on any atom is 0.291 e. The van der Waals surface area contributed by atoms with Crippen molar-refractivity contribution in [2.75, 3.05) is 23.3 Å². The third-order valence-electron chi connectivity index (χ3n) is 4.07. The number of hydrogen-bond acceptors (Lipinski definition) is 4. The Hall–Kier alpha value is -2.83. The van der Waals surface area contributed by atoms with Crippen molar-refractivity contribution in [3.8, 4) is 0 Å². The average molecular weight is 345 g/mol. The van der Waals surface area contributed by atoms with Crippen molar-refractivity contribution >= 4 is 23.2 Å². The van der Waals surface area contributed by atoms with Crippen LogP contribution in [0.5, 0.6) is 0 Å². The molecule has 1 fully saturated rings. The minimum atomic E-state index is -0.528. The number of nitrogens with zero attached hydrogens (tertiary/aromatic N) is 1. The fraction of sp³-hybridized carbons (Fsp3) is 0.333. The van der Waals surface area contributed by atoms with Crippen molar-refractivity contribution in [2.24, 2.45) is 0 Å². The summed E-state index contributed by atoms with van der Waals surface area (Å²) in [5.41, 5.74) is 0.838. The molecule has 7 heteroatoms. The van der Waals surface area contributed by atoms with Crippen molar-refractivity contribution in [2.45, 2.75) is 26.3 Å². The highest BCUT2D eigenvalue weighted by Crippen LogP contribution is 2.31. The van der Waals surface area contributed by atoms with E-state index in [1.54, 1.807) is 18.2 Å². The number of anilines is 2. The normalized spacial score (nSPS) is 13.8. The van der Waals surface area contributed by atoms with Gasteiger partial charge in [-0.15, -0.1) is 0 Å². The zero-order chi connectivity index (χ0) is 17.8. The monoisotopic (exact) mass is 345 g/mol. The summed E-state index contributed by atoms with van der Waals surface area (Å²) in [5.74, 6) is -0.684. The van der Waals surface area contributed by atoms with Crippen LogP contribution in [0.25, 0.3) is 0 Å². The molecule has 0 radical (unpaired) electrons. The Labute approximate surface area is 145 Å². The van der Waals surface area contributed by atoms with Gasteiger partial charge in [-0.1, -0.05) is 6.07 Å². The summed E-state index contributed by atoms with van der Waals surface area (Å²) in [7, 11) is 0. The van der Waals surface area contributed by atoms with E-state index >= 15 is 0 Å². The van der Waals surface area contributed by atoms with E-state index in [2.05, 4.69) is 15.5 Å². The topological polar surface area (TPSA) is 74.6 Å². The van der Waals surface area contributed by atoms with Crippen LogP contribution in [-0.4, -0.2) is 24.9 Å². The Bertz CT molecular complexity index is 782. The van der Waals surface area contributed by atoms with Gasteiger partial charge in [-0.25, -0.2) is 4.39 Å². The molecule has 6 nitrogen and oxygen atoms in total. The van der Waals surface area contributed by atoms with E-state index in [0.717, 1.165) is 25.9 Å². The van der Waals surface area contributed by atoms with E-state index in [-0.39, 0.29) is 23.9 Å². The van der Waals surface area contributed by atoms with Crippen LogP contribution >= 0.6 is 0 Å². The van der Waals surface area contributed by atoms with E-state index in [1.807, 2.05) is 0 Å². The predicted molar refractivity (Wildman–Crippen MR) is 92.0 cm³/mol. The third kappa shape index (κ3) is 3.99. The number of carbonyl (C=O) groups is 2. The Morgan fingerprint density at radius 1 is 1.20 bits per heavy atom. The molecule has 0 atom stereocenters. The van der Waals surface area contributed by atoms with E-state index in [1.165, 1.54) is 19.1 Å². The van der Waals surface area contributed by atoms with Crippen LogP contribution in [0.15, 0.2) is 34.7 Å². The second-order valence-electron chi connectivity index (χ2n) is 5.96. The summed E-state index contributed by atoms with van der Waals surface area (Å²) >= 11 is 0. The van der Waals surface area contributed by atoms with Crippen molar-refractivity contribution in [3.63, 3.8) is 0 Å². The van der Waals surface area contributed by atoms with Gasteiger partial charge in [-0.2, -0.15) is 0 Å². The molecular weight excluding hydrogens is 325 g/mol. The fourth-order valence-electron chi connectivity index (χ4n) is 2.84. The first kappa shape index (κ1) is 17.0. The van der Waals surface area contributed by atoms with E-state index in [9.17, 15) is 14.0 Å². The molecule has 0 saturated carbocycles. The van der Waals surface area contributed by atoms with Crippen LogP contribution in [0.4, 0.5) is 15.8 Å². The molecule has 0 spiro atoms. The molecule has 1 aromatic carbocycles. The minimum absolute atomic E-state index is 0.0657. The number of halogens is 1. The van der Waals surface area contributed by atoms with Crippen LogP contribution in [0.3, 0.4) is 0 Å². The molecule has 2 N–H and O–H groups in total. The Morgan fingerprint density at radius 3 is 2.68 bits per heavy atom. The highest BCUT2D eigenvalue weighted by Gasteiger charge is 2.21. The molecule has 25 heavy (non-hydrogen) atoms. The Balaban J connectivity index is 1.76. The van der Waals surface area contributed by atoms with Crippen LogP contribution in [0, 0.1) is 5.82 Å². The number of rotatable bonds is 5. The van der Waals surface area contributed by atoms with Crippen molar-refractivity contribution in [3.05, 3.63) is 47.7 Å². The van der Waals surface area contributed by atoms with Gasteiger partial charge in [0.05, 0.1) is 12.2 Å². The lowest BCUT2D eigenvalue weighted by Crippen LogP contribution is -2.22. The molecule has 1 saturated heterocycles.